The maximum Gasteiger partial charge on any atom is 0.337 e. The molecule has 0 aromatic carbocycles. The van der Waals surface area contributed by atoms with E-state index in [1.54, 1.807) is 10.7 Å². The highest BCUT2D eigenvalue weighted by molar-refractivity contribution is 5.87. The minimum absolute atomic E-state index is 0.180. The van der Waals surface area contributed by atoms with E-state index in [2.05, 4.69) is 17.0 Å². The Morgan fingerprint density at radius 2 is 2.11 bits per heavy atom. The predicted octanol–water partition coefficient (Wildman–Crippen LogP) is 2.09. The number of hydrogen-bond donors (Lipinski definition) is 1. The molecule has 94 valence electrons. The second kappa shape index (κ2) is 5.00. The lowest BCUT2D eigenvalue weighted by Gasteiger charge is -2.04. The lowest BCUT2D eigenvalue weighted by Crippen LogP contribution is -2.05. The first-order chi connectivity index (χ1) is 8.65. The maximum atomic E-state index is 10.8. The van der Waals surface area contributed by atoms with E-state index in [0.29, 0.717) is 5.82 Å². The van der Waals surface area contributed by atoms with Crippen molar-refractivity contribution in [1.82, 2.24) is 14.8 Å². The summed E-state index contributed by atoms with van der Waals surface area (Å²) in [5.74, 6) is -0.323. The quantitative estimate of drug-likeness (QED) is 0.895. The molecule has 0 aliphatic rings. The van der Waals surface area contributed by atoms with Gasteiger partial charge in [-0.1, -0.05) is 13.8 Å². The zero-order chi connectivity index (χ0) is 13.1. The third-order valence-corrected chi connectivity index (χ3v) is 2.77. The molecule has 2 aromatic heterocycles. The van der Waals surface area contributed by atoms with Gasteiger partial charge in [-0.05, 0) is 31.0 Å². The van der Waals surface area contributed by atoms with Crippen molar-refractivity contribution >= 4 is 5.97 Å². The molecule has 0 fully saturated rings. The van der Waals surface area contributed by atoms with Crippen molar-refractivity contribution in [1.29, 1.82) is 0 Å². The van der Waals surface area contributed by atoms with Crippen molar-refractivity contribution in [2.75, 3.05) is 0 Å². The normalized spacial score (nSPS) is 10.6. The number of carboxylic acid groups (broad SMARTS) is 1. The Labute approximate surface area is 105 Å². The maximum absolute atomic E-state index is 10.8. The molecule has 18 heavy (non-hydrogen) atoms. The second-order valence-electron chi connectivity index (χ2n) is 3.96. The summed E-state index contributed by atoms with van der Waals surface area (Å²) in [5, 5.41) is 13.3. The Hall–Kier alpha value is -2.17. The molecular weight excluding hydrogens is 230 g/mol. The Morgan fingerprint density at radius 3 is 2.61 bits per heavy atom. The summed E-state index contributed by atoms with van der Waals surface area (Å²) < 4.78 is 1.77. The molecule has 0 saturated carbocycles. The van der Waals surface area contributed by atoms with Crippen molar-refractivity contribution in [3.8, 4) is 5.82 Å². The van der Waals surface area contributed by atoms with Crippen molar-refractivity contribution < 1.29 is 9.90 Å². The third-order valence-electron chi connectivity index (χ3n) is 2.77. The summed E-state index contributed by atoms with van der Waals surface area (Å²) >= 11 is 0. The van der Waals surface area contributed by atoms with Crippen molar-refractivity contribution in [2.45, 2.75) is 26.7 Å². The van der Waals surface area contributed by atoms with E-state index in [1.165, 1.54) is 12.3 Å². The van der Waals surface area contributed by atoms with Crippen LogP contribution in [0, 0.1) is 0 Å². The summed E-state index contributed by atoms with van der Waals surface area (Å²) in [7, 11) is 0. The highest BCUT2D eigenvalue weighted by Gasteiger charge is 2.09. The minimum Gasteiger partial charge on any atom is -0.478 e. The van der Waals surface area contributed by atoms with E-state index in [9.17, 15) is 4.79 Å². The summed E-state index contributed by atoms with van der Waals surface area (Å²) in [6, 6.07) is 5.26. The number of pyridine rings is 1. The molecule has 2 rings (SSSR count). The zero-order valence-corrected chi connectivity index (χ0v) is 10.4. The van der Waals surface area contributed by atoms with Gasteiger partial charge in [0.25, 0.3) is 0 Å². The Balaban J connectivity index is 2.41. The van der Waals surface area contributed by atoms with Crippen LogP contribution in [0.2, 0.25) is 0 Å². The van der Waals surface area contributed by atoms with E-state index < -0.39 is 5.97 Å². The van der Waals surface area contributed by atoms with Crippen molar-refractivity contribution in [3.05, 3.63) is 41.3 Å². The first-order valence-corrected chi connectivity index (χ1v) is 5.93. The first-order valence-electron chi connectivity index (χ1n) is 5.93. The lowest BCUT2D eigenvalue weighted by atomic mass is 10.2. The van der Waals surface area contributed by atoms with Gasteiger partial charge in [0, 0.05) is 11.9 Å². The van der Waals surface area contributed by atoms with Crippen LogP contribution in [-0.2, 0) is 12.8 Å². The zero-order valence-electron chi connectivity index (χ0n) is 10.4. The van der Waals surface area contributed by atoms with Gasteiger partial charge in [0.05, 0.1) is 11.3 Å². The molecule has 2 aromatic rings. The summed E-state index contributed by atoms with van der Waals surface area (Å²) in [5.41, 5.74) is 2.26. The average molecular weight is 245 g/mol. The second-order valence-corrected chi connectivity index (χ2v) is 3.96. The van der Waals surface area contributed by atoms with Gasteiger partial charge < -0.3 is 5.11 Å². The van der Waals surface area contributed by atoms with Crippen LogP contribution in [0.3, 0.4) is 0 Å². The molecule has 5 nitrogen and oxygen atoms in total. The molecule has 0 bridgehead atoms. The van der Waals surface area contributed by atoms with Gasteiger partial charge in [0.2, 0.25) is 0 Å². The van der Waals surface area contributed by atoms with Gasteiger partial charge >= 0.3 is 5.97 Å². The summed E-state index contributed by atoms with van der Waals surface area (Å²) in [4.78, 5) is 14.9. The van der Waals surface area contributed by atoms with Crippen molar-refractivity contribution in [2.24, 2.45) is 0 Å². The summed E-state index contributed by atoms with van der Waals surface area (Å²) in [6.45, 7) is 4.10. The van der Waals surface area contributed by atoms with Gasteiger partial charge in [-0.3, -0.25) is 0 Å². The van der Waals surface area contributed by atoms with E-state index in [4.69, 9.17) is 5.11 Å². The van der Waals surface area contributed by atoms with Crippen LogP contribution in [-0.4, -0.2) is 25.8 Å². The van der Waals surface area contributed by atoms with Crippen LogP contribution in [0.1, 0.15) is 35.6 Å². The van der Waals surface area contributed by atoms with Crippen LogP contribution >= 0.6 is 0 Å². The van der Waals surface area contributed by atoms with E-state index in [0.717, 1.165) is 24.2 Å². The van der Waals surface area contributed by atoms with Crippen LogP contribution in [0.5, 0.6) is 0 Å². The molecule has 0 atom stereocenters. The standard InChI is InChI=1S/C13H15N3O2/c1-3-10-7-11(4-2)16(15-10)12-6-5-9(8-14-12)13(17)18/h5-8H,3-4H2,1-2H3,(H,17,18). The Morgan fingerprint density at radius 1 is 1.33 bits per heavy atom. The molecule has 1 N–H and O–H groups in total. The molecule has 0 amide bonds. The largest absolute Gasteiger partial charge is 0.478 e. The number of aromatic carboxylic acids is 1. The van der Waals surface area contributed by atoms with E-state index in [1.807, 2.05) is 13.0 Å². The minimum atomic E-state index is -0.973. The Bertz CT molecular complexity index is 558. The molecule has 0 aliphatic heterocycles. The van der Waals surface area contributed by atoms with Crippen LogP contribution in [0.15, 0.2) is 24.4 Å². The molecule has 0 saturated heterocycles. The van der Waals surface area contributed by atoms with Crippen LogP contribution < -0.4 is 0 Å². The van der Waals surface area contributed by atoms with Crippen molar-refractivity contribution in [3.63, 3.8) is 0 Å². The van der Waals surface area contributed by atoms with Gasteiger partial charge in [0.15, 0.2) is 5.82 Å². The van der Waals surface area contributed by atoms with Crippen LogP contribution in [0.4, 0.5) is 0 Å². The molecule has 2 heterocycles. The molecule has 0 aliphatic carbocycles. The SMILES string of the molecule is CCc1cc(CC)n(-c2ccc(C(=O)O)cn2)n1. The monoisotopic (exact) mass is 245 g/mol. The molecular formula is C13H15N3O2. The average Bonchev–Trinajstić information content (AvgIpc) is 2.82. The predicted molar refractivity (Wildman–Crippen MR) is 67.1 cm³/mol. The number of rotatable bonds is 4. The number of aryl methyl sites for hydroxylation is 2. The fraction of sp³-hybridized carbons (Fsp3) is 0.308. The van der Waals surface area contributed by atoms with Gasteiger partial charge in [-0.2, -0.15) is 5.10 Å². The number of nitrogens with zero attached hydrogens (tertiary/aromatic N) is 3. The topological polar surface area (TPSA) is 68.0 Å². The smallest absolute Gasteiger partial charge is 0.337 e. The molecule has 5 heteroatoms. The van der Waals surface area contributed by atoms with E-state index in [-0.39, 0.29) is 5.56 Å². The van der Waals surface area contributed by atoms with Gasteiger partial charge in [0.1, 0.15) is 0 Å². The highest BCUT2D eigenvalue weighted by atomic mass is 16.4. The molecule has 0 unspecified atom stereocenters. The highest BCUT2D eigenvalue weighted by Crippen LogP contribution is 2.12. The van der Waals surface area contributed by atoms with Gasteiger partial charge in [-0.15, -0.1) is 0 Å². The van der Waals surface area contributed by atoms with Gasteiger partial charge in [-0.25, -0.2) is 14.5 Å². The molecule has 0 spiro atoms. The number of carbonyl (C=O) groups is 1. The fourth-order valence-electron chi connectivity index (χ4n) is 1.74. The van der Waals surface area contributed by atoms with E-state index >= 15 is 0 Å². The number of carboxylic acids is 1. The summed E-state index contributed by atoms with van der Waals surface area (Å²) in [6.07, 6.45) is 3.08. The lowest BCUT2D eigenvalue weighted by molar-refractivity contribution is 0.0696. The first kappa shape index (κ1) is 12.3. The Kier molecular flexibility index (Phi) is 3.41. The molecule has 0 radical (unpaired) electrons. The third kappa shape index (κ3) is 2.25. The van der Waals surface area contributed by atoms with Crippen LogP contribution in [0.25, 0.3) is 5.82 Å². The fourth-order valence-corrected chi connectivity index (χ4v) is 1.74. The number of aromatic nitrogens is 3. The number of hydrogen-bond acceptors (Lipinski definition) is 3.